The topological polar surface area (TPSA) is 81.4 Å². The highest BCUT2D eigenvalue weighted by atomic mass is 16.6. The van der Waals surface area contributed by atoms with Gasteiger partial charge in [-0.25, -0.2) is 4.68 Å². The van der Waals surface area contributed by atoms with Crippen LogP contribution < -0.4 is 5.32 Å². The van der Waals surface area contributed by atoms with Gasteiger partial charge in [-0.3, -0.25) is 9.78 Å². The Morgan fingerprint density at radius 1 is 1.19 bits per heavy atom. The van der Waals surface area contributed by atoms with E-state index in [9.17, 15) is 4.79 Å². The predicted molar refractivity (Wildman–Crippen MR) is 97.2 cm³/mol. The summed E-state index contributed by atoms with van der Waals surface area (Å²) in [5.74, 6) is 0.376. The average molecular weight is 347 g/mol. The molecule has 2 aromatic heterocycles. The number of anilines is 1. The zero-order valence-electron chi connectivity index (χ0n) is 14.2. The van der Waals surface area contributed by atoms with Gasteiger partial charge in [0.15, 0.2) is 0 Å². The van der Waals surface area contributed by atoms with Gasteiger partial charge in [0.1, 0.15) is 5.82 Å². The fraction of sp³-hybridized carbons (Fsp3) is 0.158. The van der Waals surface area contributed by atoms with Crippen LogP contribution in [0.15, 0.2) is 66.2 Å². The third-order valence-electron chi connectivity index (χ3n) is 4.17. The van der Waals surface area contributed by atoms with Gasteiger partial charge in [0.05, 0.1) is 17.6 Å². The minimum atomic E-state index is -0.670. The van der Waals surface area contributed by atoms with Crippen molar-refractivity contribution < 1.29 is 9.63 Å². The lowest BCUT2D eigenvalue weighted by Gasteiger charge is -2.12. The Labute approximate surface area is 150 Å². The van der Waals surface area contributed by atoms with Crippen molar-refractivity contribution in [2.75, 3.05) is 5.32 Å². The second-order valence-electron chi connectivity index (χ2n) is 5.98. The van der Waals surface area contributed by atoms with Crippen LogP contribution >= 0.6 is 0 Å². The molecule has 0 radical (unpaired) electrons. The number of nitrogens with zero attached hydrogens (tertiary/aromatic N) is 4. The third kappa shape index (κ3) is 3.06. The number of carbonyl (C=O) groups excluding carboxylic acids is 1. The van der Waals surface area contributed by atoms with Crippen LogP contribution in [-0.2, 0) is 9.63 Å². The SMILES string of the molecule is Cc1cnn(-c2ccccc2)c1NC(=O)[C@@H]1CC(c2ccncc2)=NO1. The number of hydrogen-bond donors (Lipinski definition) is 1. The van der Waals surface area contributed by atoms with Crippen LogP contribution in [0.25, 0.3) is 5.69 Å². The van der Waals surface area contributed by atoms with Crippen molar-refractivity contribution in [1.29, 1.82) is 0 Å². The molecule has 0 aliphatic carbocycles. The smallest absolute Gasteiger partial charge is 0.269 e. The molecule has 0 saturated carbocycles. The number of pyridine rings is 1. The highest BCUT2D eigenvalue weighted by Gasteiger charge is 2.30. The maximum absolute atomic E-state index is 12.7. The Balaban J connectivity index is 1.49. The zero-order chi connectivity index (χ0) is 17.9. The van der Waals surface area contributed by atoms with Gasteiger partial charge in [-0.2, -0.15) is 5.10 Å². The summed E-state index contributed by atoms with van der Waals surface area (Å²) in [4.78, 5) is 22.0. The fourth-order valence-electron chi connectivity index (χ4n) is 2.78. The molecule has 1 aliphatic rings. The summed E-state index contributed by atoms with van der Waals surface area (Å²) in [5.41, 5.74) is 3.38. The molecule has 0 unspecified atom stereocenters. The molecule has 26 heavy (non-hydrogen) atoms. The Hall–Kier alpha value is -3.48. The number of carbonyl (C=O) groups is 1. The Bertz CT molecular complexity index is 951. The van der Waals surface area contributed by atoms with Gasteiger partial charge in [-0.15, -0.1) is 0 Å². The number of amides is 1. The first-order valence-corrected chi connectivity index (χ1v) is 8.26. The van der Waals surface area contributed by atoms with Gasteiger partial charge in [0.25, 0.3) is 5.91 Å². The van der Waals surface area contributed by atoms with Crippen molar-refractivity contribution in [2.45, 2.75) is 19.4 Å². The van der Waals surface area contributed by atoms with Crippen molar-refractivity contribution in [1.82, 2.24) is 14.8 Å². The number of rotatable bonds is 4. The lowest BCUT2D eigenvalue weighted by Crippen LogP contribution is -2.29. The van der Waals surface area contributed by atoms with E-state index in [4.69, 9.17) is 4.84 Å². The fourth-order valence-corrected chi connectivity index (χ4v) is 2.78. The second-order valence-corrected chi connectivity index (χ2v) is 5.98. The Morgan fingerprint density at radius 3 is 2.73 bits per heavy atom. The number of benzene rings is 1. The van der Waals surface area contributed by atoms with Crippen LogP contribution in [0.4, 0.5) is 5.82 Å². The molecule has 7 nitrogen and oxygen atoms in total. The number of aromatic nitrogens is 3. The van der Waals surface area contributed by atoms with Crippen molar-refractivity contribution in [3.8, 4) is 5.69 Å². The van der Waals surface area contributed by atoms with E-state index >= 15 is 0 Å². The number of aryl methyl sites for hydroxylation is 1. The summed E-state index contributed by atoms with van der Waals surface area (Å²) < 4.78 is 1.70. The Morgan fingerprint density at radius 2 is 1.96 bits per heavy atom. The zero-order valence-corrected chi connectivity index (χ0v) is 14.2. The van der Waals surface area contributed by atoms with Crippen molar-refractivity contribution in [3.63, 3.8) is 0 Å². The molecule has 3 aromatic rings. The molecule has 1 N–H and O–H groups in total. The lowest BCUT2D eigenvalue weighted by molar-refractivity contribution is -0.125. The van der Waals surface area contributed by atoms with E-state index in [-0.39, 0.29) is 5.91 Å². The summed E-state index contributed by atoms with van der Waals surface area (Å²) in [6, 6.07) is 13.3. The highest BCUT2D eigenvalue weighted by Crippen LogP contribution is 2.22. The van der Waals surface area contributed by atoms with Crippen LogP contribution in [0.2, 0.25) is 0 Å². The first-order chi connectivity index (χ1) is 12.7. The predicted octanol–water partition coefficient (Wildman–Crippen LogP) is 2.71. The number of para-hydroxylation sites is 1. The first-order valence-electron chi connectivity index (χ1n) is 8.26. The maximum atomic E-state index is 12.7. The summed E-state index contributed by atoms with van der Waals surface area (Å²) >= 11 is 0. The molecule has 4 rings (SSSR count). The normalized spacial score (nSPS) is 16.0. The van der Waals surface area contributed by atoms with E-state index < -0.39 is 6.10 Å². The van der Waals surface area contributed by atoms with E-state index in [1.807, 2.05) is 49.4 Å². The molecule has 130 valence electrons. The minimum Gasteiger partial charge on any atom is -0.382 e. The molecule has 0 fully saturated rings. The van der Waals surface area contributed by atoms with Gasteiger partial charge in [0.2, 0.25) is 6.10 Å². The van der Waals surface area contributed by atoms with E-state index in [0.29, 0.717) is 12.2 Å². The molecule has 0 bridgehead atoms. The summed E-state index contributed by atoms with van der Waals surface area (Å²) in [6.07, 6.45) is 4.84. The summed E-state index contributed by atoms with van der Waals surface area (Å²) in [5, 5.41) is 11.3. The van der Waals surface area contributed by atoms with Gasteiger partial charge in [-0.1, -0.05) is 23.4 Å². The molecule has 1 aliphatic heterocycles. The number of oxime groups is 1. The van der Waals surface area contributed by atoms with Crippen molar-refractivity contribution >= 4 is 17.4 Å². The maximum Gasteiger partial charge on any atom is 0.269 e. The minimum absolute atomic E-state index is 0.251. The van der Waals surface area contributed by atoms with Crippen molar-refractivity contribution in [2.24, 2.45) is 5.16 Å². The molecule has 3 heterocycles. The molecular weight excluding hydrogens is 330 g/mol. The molecule has 1 atom stereocenters. The number of nitrogens with one attached hydrogen (secondary N) is 1. The summed E-state index contributed by atoms with van der Waals surface area (Å²) in [7, 11) is 0. The molecule has 7 heteroatoms. The quantitative estimate of drug-likeness (QED) is 0.787. The molecular formula is C19H17N5O2. The number of hydrogen-bond acceptors (Lipinski definition) is 5. The first kappa shape index (κ1) is 16.0. The molecule has 0 saturated heterocycles. The monoisotopic (exact) mass is 347 g/mol. The lowest BCUT2D eigenvalue weighted by atomic mass is 10.1. The van der Waals surface area contributed by atoms with E-state index in [0.717, 1.165) is 22.5 Å². The van der Waals surface area contributed by atoms with Crippen LogP contribution in [0, 0.1) is 6.92 Å². The molecule has 0 spiro atoms. The van der Waals surface area contributed by atoms with Crippen LogP contribution in [0.1, 0.15) is 17.5 Å². The van der Waals surface area contributed by atoms with Crippen LogP contribution in [-0.4, -0.2) is 32.5 Å². The van der Waals surface area contributed by atoms with Gasteiger partial charge in [0, 0.05) is 29.9 Å². The van der Waals surface area contributed by atoms with Crippen LogP contribution in [0.5, 0.6) is 0 Å². The van der Waals surface area contributed by atoms with Gasteiger partial charge < -0.3 is 10.2 Å². The highest BCUT2D eigenvalue weighted by molar-refractivity contribution is 6.06. The van der Waals surface area contributed by atoms with Crippen molar-refractivity contribution in [3.05, 3.63) is 72.2 Å². The third-order valence-corrected chi connectivity index (χ3v) is 4.17. The largest absolute Gasteiger partial charge is 0.382 e. The van der Waals surface area contributed by atoms with E-state index in [1.165, 1.54) is 0 Å². The van der Waals surface area contributed by atoms with Gasteiger partial charge >= 0.3 is 0 Å². The standard InChI is InChI=1S/C19H17N5O2/c1-13-12-21-24(15-5-3-2-4-6-15)18(13)22-19(25)17-11-16(23-26-17)14-7-9-20-10-8-14/h2-10,12,17H,11H2,1H3,(H,22,25)/t17-/m0/s1. The Kier molecular flexibility index (Phi) is 4.18. The van der Waals surface area contributed by atoms with E-state index in [2.05, 4.69) is 20.6 Å². The molecule has 1 aromatic carbocycles. The second kappa shape index (κ2) is 6.79. The molecule has 1 amide bonds. The van der Waals surface area contributed by atoms with Gasteiger partial charge in [-0.05, 0) is 31.2 Å². The average Bonchev–Trinajstić information content (AvgIpc) is 3.31. The summed E-state index contributed by atoms with van der Waals surface area (Å²) in [6.45, 7) is 1.90. The van der Waals surface area contributed by atoms with E-state index in [1.54, 1.807) is 23.3 Å². The van der Waals surface area contributed by atoms with Crippen LogP contribution in [0.3, 0.4) is 0 Å².